The molecule has 0 aromatic rings. The standard InChI is InChI=1S/C9H13ClO4/c1-7(2)4-13-5-8(7)9(10,14-8)6(11)12-3/h4-5H2,1-3H3. The van der Waals surface area contributed by atoms with Gasteiger partial charge in [0.05, 0.1) is 20.3 Å². The fourth-order valence-corrected chi connectivity index (χ4v) is 2.53. The second-order valence-electron chi connectivity index (χ2n) is 4.39. The van der Waals surface area contributed by atoms with E-state index in [0.29, 0.717) is 13.2 Å². The number of ether oxygens (including phenoxy) is 3. The summed E-state index contributed by atoms with van der Waals surface area (Å²) in [7, 11) is 1.30. The first-order valence-corrected chi connectivity index (χ1v) is 4.83. The Hall–Kier alpha value is -0.320. The van der Waals surface area contributed by atoms with Gasteiger partial charge >= 0.3 is 5.97 Å². The first-order chi connectivity index (χ1) is 6.40. The summed E-state index contributed by atoms with van der Waals surface area (Å²) in [6.07, 6.45) is 0. The number of halogens is 1. The first kappa shape index (κ1) is 10.2. The van der Waals surface area contributed by atoms with Gasteiger partial charge in [0.15, 0.2) is 5.60 Å². The van der Waals surface area contributed by atoms with Gasteiger partial charge in [0.2, 0.25) is 0 Å². The molecule has 4 nitrogen and oxygen atoms in total. The Morgan fingerprint density at radius 3 is 2.50 bits per heavy atom. The molecule has 0 aromatic heterocycles. The number of epoxide rings is 1. The summed E-state index contributed by atoms with van der Waals surface area (Å²) in [4.78, 5) is 11.4. The van der Waals surface area contributed by atoms with Crippen molar-refractivity contribution < 1.29 is 19.0 Å². The van der Waals surface area contributed by atoms with E-state index in [1.165, 1.54) is 7.11 Å². The Bertz CT molecular complexity index is 291. The van der Waals surface area contributed by atoms with Crippen molar-refractivity contribution in [2.45, 2.75) is 24.5 Å². The maximum absolute atomic E-state index is 11.4. The van der Waals surface area contributed by atoms with E-state index in [1.54, 1.807) is 0 Å². The normalized spacial score (nSPS) is 44.0. The highest BCUT2D eigenvalue weighted by molar-refractivity contribution is 6.36. The lowest BCUT2D eigenvalue weighted by molar-refractivity contribution is -0.143. The molecule has 2 rings (SSSR count). The molecule has 2 aliphatic heterocycles. The highest BCUT2D eigenvalue weighted by atomic mass is 35.5. The molecule has 0 saturated carbocycles. The van der Waals surface area contributed by atoms with Crippen LogP contribution in [0.5, 0.6) is 0 Å². The average Bonchev–Trinajstić information content (AvgIpc) is 2.62. The highest BCUT2D eigenvalue weighted by Gasteiger charge is 2.82. The van der Waals surface area contributed by atoms with Gasteiger partial charge in [0, 0.05) is 5.41 Å². The summed E-state index contributed by atoms with van der Waals surface area (Å²) in [6.45, 7) is 4.82. The van der Waals surface area contributed by atoms with Crippen molar-refractivity contribution in [2.75, 3.05) is 20.3 Å². The van der Waals surface area contributed by atoms with Gasteiger partial charge in [0.1, 0.15) is 0 Å². The monoisotopic (exact) mass is 220 g/mol. The summed E-state index contributed by atoms with van der Waals surface area (Å²) < 4.78 is 15.3. The molecule has 80 valence electrons. The van der Waals surface area contributed by atoms with Crippen LogP contribution in [-0.4, -0.2) is 37.0 Å². The van der Waals surface area contributed by atoms with Crippen LogP contribution < -0.4 is 0 Å². The molecule has 14 heavy (non-hydrogen) atoms. The van der Waals surface area contributed by atoms with Gasteiger partial charge in [-0.25, -0.2) is 4.79 Å². The molecule has 2 atom stereocenters. The molecule has 0 bridgehead atoms. The zero-order valence-corrected chi connectivity index (χ0v) is 9.18. The molecular weight excluding hydrogens is 208 g/mol. The zero-order chi connectivity index (χ0) is 10.6. The number of esters is 1. The fraction of sp³-hybridized carbons (Fsp3) is 0.889. The number of methoxy groups -OCH3 is 1. The number of hydrogen-bond acceptors (Lipinski definition) is 4. The minimum atomic E-state index is -1.35. The van der Waals surface area contributed by atoms with Crippen molar-refractivity contribution in [1.29, 1.82) is 0 Å². The minimum Gasteiger partial charge on any atom is -0.466 e. The number of carbonyl (C=O) groups is 1. The minimum absolute atomic E-state index is 0.261. The second kappa shape index (κ2) is 2.62. The summed E-state index contributed by atoms with van der Waals surface area (Å²) in [5.41, 5.74) is -0.975. The van der Waals surface area contributed by atoms with Crippen LogP contribution in [0.4, 0.5) is 0 Å². The lowest BCUT2D eigenvalue weighted by Crippen LogP contribution is -2.40. The molecular formula is C9H13ClO4. The van der Waals surface area contributed by atoms with Gasteiger partial charge in [-0.15, -0.1) is 0 Å². The first-order valence-electron chi connectivity index (χ1n) is 4.45. The molecule has 5 heteroatoms. The molecule has 2 saturated heterocycles. The summed E-state index contributed by atoms with van der Waals surface area (Å²) in [5.74, 6) is -0.544. The van der Waals surface area contributed by atoms with Gasteiger partial charge in [-0.05, 0) is 0 Å². The molecule has 2 unspecified atom stereocenters. The average molecular weight is 221 g/mol. The van der Waals surface area contributed by atoms with Crippen LogP contribution in [0.25, 0.3) is 0 Å². The van der Waals surface area contributed by atoms with Gasteiger partial charge < -0.3 is 14.2 Å². The van der Waals surface area contributed by atoms with Crippen molar-refractivity contribution in [3.8, 4) is 0 Å². The molecule has 0 aromatic carbocycles. The van der Waals surface area contributed by atoms with Crippen LogP contribution in [0.1, 0.15) is 13.8 Å². The molecule has 0 radical (unpaired) electrons. The van der Waals surface area contributed by atoms with Gasteiger partial charge in [-0.2, -0.15) is 0 Å². The molecule has 0 N–H and O–H groups in total. The zero-order valence-electron chi connectivity index (χ0n) is 8.43. The Labute approximate surface area is 87.5 Å². The predicted molar refractivity (Wildman–Crippen MR) is 49.0 cm³/mol. The van der Waals surface area contributed by atoms with E-state index in [9.17, 15) is 4.79 Å². The van der Waals surface area contributed by atoms with Crippen LogP contribution in [-0.2, 0) is 19.0 Å². The van der Waals surface area contributed by atoms with Crippen molar-refractivity contribution in [2.24, 2.45) is 5.41 Å². The molecule has 2 heterocycles. The van der Waals surface area contributed by atoms with Gasteiger partial charge in [0.25, 0.3) is 5.06 Å². The maximum atomic E-state index is 11.4. The van der Waals surface area contributed by atoms with Crippen molar-refractivity contribution in [3.63, 3.8) is 0 Å². The molecule has 1 spiro atoms. The van der Waals surface area contributed by atoms with Crippen LogP contribution in [0.2, 0.25) is 0 Å². The number of alkyl halides is 1. The lowest BCUT2D eigenvalue weighted by atomic mass is 9.79. The fourth-order valence-electron chi connectivity index (χ4n) is 2.01. The van der Waals surface area contributed by atoms with Gasteiger partial charge in [-0.3, -0.25) is 0 Å². The van der Waals surface area contributed by atoms with Crippen molar-refractivity contribution in [1.82, 2.24) is 0 Å². The van der Waals surface area contributed by atoms with E-state index < -0.39 is 16.6 Å². The maximum Gasteiger partial charge on any atom is 0.357 e. The van der Waals surface area contributed by atoms with E-state index in [4.69, 9.17) is 21.1 Å². The van der Waals surface area contributed by atoms with Crippen LogP contribution in [0, 0.1) is 5.41 Å². The van der Waals surface area contributed by atoms with Crippen molar-refractivity contribution >= 4 is 17.6 Å². The van der Waals surface area contributed by atoms with Crippen LogP contribution in [0.15, 0.2) is 0 Å². The Balaban J connectivity index is 2.27. The van der Waals surface area contributed by atoms with E-state index >= 15 is 0 Å². The highest BCUT2D eigenvalue weighted by Crippen LogP contribution is 2.63. The number of carbonyl (C=O) groups excluding carboxylic acids is 1. The third-order valence-corrected chi connectivity index (χ3v) is 3.64. The topological polar surface area (TPSA) is 48.1 Å². The van der Waals surface area contributed by atoms with Crippen LogP contribution in [0.3, 0.4) is 0 Å². The Kier molecular flexibility index (Phi) is 1.91. The second-order valence-corrected chi connectivity index (χ2v) is 4.92. The summed E-state index contributed by atoms with van der Waals surface area (Å²) >= 11 is 6.07. The SMILES string of the molecule is COC(=O)C1(Cl)OC12COCC2(C)C. The summed E-state index contributed by atoms with van der Waals surface area (Å²) in [5, 5.41) is -1.35. The van der Waals surface area contributed by atoms with E-state index in [1.807, 2.05) is 13.8 Å². The van der Waals surface area contributed by atoms with E-state index in [-0.39, 0.29) is 5.41 Å². The van der Waals surface area contributed by atoms with Crippen molar-refractivity contribution in [3.05, 3.63) is 0 Å². The largest absolute Gasteiger partial charge is 0.466 e. The Morgan fingerprint density at radius 2 is 2.07 bits per heavy atom. The smallest absolute Gasteiger partial charge is 0.357 e. The van der Waals surface area contributed by atoms with Crippen LogP contribution >= 0.6 is 11.6 Å². The van der Waals surface area contributed by atoms with Gasteiger partial charge in [-0.1, -0.05) is 25.4 Å². The third-order valence-electron chi connectivity index (χ3n) is 3.10. The predicted octanol–water partition coefficient (Wildman–Crippen LogP) is 0.920. The molecule has 0 amide bonds. The Morgan fingerprint density at radius 1 is 1.43 bits per heavy atom. The molecule has 2 fully saturated rings. The lowest BCUT2D eigenvalue weighted by Gasteiger charge is -2.22. The molecule has 2 aliphatic rings. The van der Waals surface area contributed by atoms with E-state index in [2.05, 4.69) is 4.74 Å². The summed E-state index contributed by atoms with van der Waals surface area (Å²) in [6, 6.07) is 0. The number of rotatable bonds is 1. The third kappa shape index (κ3) is 0.938. The number of hydrogen-bond donors (Lipinski definition) is 0. The molecule has 0 aliphatic carbocycles. The van der Waals surface area contributed by atoms with E-state index in [0.717, 1.165) is 0 Å². The quantitative estimate of drug-likeness (QED) is 0.375.